The SMILES string of the molecule is CCc1ccc2c(c1O)[C@H](CC)C[C@@](O)(C(F)(F)F)[C@@H]2Nc1cccc2nc(C)ncc12. The van der Waals surface area contributed by atoms with E-state index in [1.54, 1.807) is 50.4 Å². The van der Waals surface area contributed by atoms with Gasteiger partial charge in [0.2, 0.25) is 0 Å². The molecule has 0 radical (unpaired) electrons. The van der Waals surface area contributed by atoms with Crippen molar-refractivity contribution in [3.05, 3.63) is 59.0 Å². The summed E-state index contributed by atoms with van der Waals surface area (Å²) >= 11 is 0. The van der Waals surface area contributed by atoms with Crippen molar-refractivity contribution in [1.29, 1.82) is 0 Å². The van der Waals surface area contributed by atoms with Gasteiger partial charge < -0.3 is 15.5 Å². The summed E-state index contributed by atoms with van der Waals surface area (Å²) in [5.74, 6) is -0.0586. The van der Waals surface area contributed by atoms with Gasteiger partial charge in [0.05, 0.1) is 11.6 Å². The van der Waals surface area contributed by atoms with Crippen LogP contribution in [0.1, 0.15) is 61.2 Å². The van der Waals surface area contributed by atoms with E-state index in [0.717, 1.165) is 0 Å². The first kappa shape index (κ1) is 22.3. The molecule has 3 N–H and O–H groups in total. The van der Waals surface area contributed by atoms with Gasteiger partial charge in [-0.15, -0.1) is 0 Å². The third-order valence-electron chi connectivity index (χ3n) is 6.50. The first-order valence-corrected chi connectivity index (χ1v) is 10.7. The second kappa shape index (κ2) is 7.92. The van der Waals surface area contributed by atoms with E-state index in [0.29, 0.717) is 46.4 Å². The third kappa shape index (κ3) is 3.46. The number of alkyl halides is 3. The number of phenols is 1. The molecule has 1 aliphatic carbocycles. The van der Waals surface area contributed by atoms with Crippen molar-refractivity contribution in [1.82, 2.24) is 9.97 Å². The molecule has 0 bridgehead atoms. The van der Waals surface area contributed by atoms with Crippen molar-refractivity contribution in [2.24, 2.45) is 0 Å². The van der Waals surface area contributed by atoms with Gasteiger partial charge in [0.15, 0.2) is 5.60 Å². The Labute approximate surface area is 184 Å². The molecule has 1 aliphatic rings. The van der Waals surface area contributed by atoms with Crippen molar-refractivity contribution >= 4 is 16.6 Å². The van der Waals surface area contributed by atoms with Crippen LogP contribution in [0.5, 0.6) is 5.75 Å². The van der Waals surface area contributed by atoms with E-state index in [1.165, 1.54) is 0 Å². The monoisotopic (exact) mass is 445 g/mol. The predicted octanol–water partition coefficient (Wildman–Crippen LogP) is 5.55. The number of hydrogen-bond donors (Lipinski definition) is 3. The minimum Gasteiger partial charge on any atom is -0.507 e. The molecular weight excluding hydrogens is 419 g/mol. The molecule has 0 aliphatic heterocycles. The summed E-state index contributed by atoms with van der Waals surface area (Å²) in [4.78, 5) is 8.52. The van der Waals surface area contributed by atoms with E-state index in [2.05, 4.69) is 15.3 Å². The van der Waals surface area contributed by atoms with Gasteiger partial charge in [-0.1, -0.05) is 32.0 Å². The number of nitrogens with one attached hydrogen (secondary N) is 1. The van der Waals surface area contributed by atoms with Crippen LogP contribution in [-0.4, -0.2) is 32.0 Å². The van der Waals surface area contributed by atoms with E-state index in [1.807, 2.05) is 6.92 Å². The summed E-state index contributed by atoms with van der Waals surface area (Å²) in [6.07, 6.45) is -2.95. The highest BCUT2D eigenvalue weighted by Crippen LogP contribution is 2.55. The number of benzene rings is 2. The molecule has 3 aromatic rings. The Morgan fingerprint density at radius 3 is 2.59 bits per heavy atom. The fourth-order valence-corrected chi connectivity index (χ4v) is 4.74. The van der Waals surface area contributed by atoms with Crippen LogP contribution >= 0.6 is 0 Å². The van der Waals surface area contributed by atoms with Crippen molar-refractivity contribution < 1.29 is 23.4 Å². The number of hydrogen-bond acceptors (Lipinski definition) is 5. The molecule has 0 saturated carbocycles. The second-order valence-corrected chi connectivity index (χ2v) is 8.39. The lowest BCUT2D eigenvalue weighted by atomic mass is 9.68. The van der Waals surface area contributed by atoms with Crippen LogP contribution in [0.15, 0.2) is 36.5 Å². The minimum atomic E-state index is -4.88. The molecule has 0 saturated heterocycles. The number of aromatic hydroxyl groups is 1. The molecule has 8 heteroatoms. The summed E-state index contributed by atoms with van der Waals surface area (Å²) in [7, 11) is 0. The van der Waals surface area contributed by atoms with Gasteiger partial charge >= 0.3 is 6.18 Å². The Kier molecular flexibility index (Phi) is 5.53. The maximum absolute atomic E-state index is 14.3. The summed E-state index contributed by atoms with van der Waals surface area (Å²) < 4.78 is 43.0. The van der Waals surface area contributed by atoms with Gasteiger partial charge in [0.25, 0.3) is 0 Å². The standard InChI is InChI=1S/C24H26F3N3O2/c1-4-14-9-10-16-20(21(14)31)15(5-2)11-23(32,24(25,26)27)22(16)30-19-8-6-7-18-17(19)12-28-13(3)29-18/h6-10,12,15,22,30-32H,4-5,11H2,1-3H3/t15-,22-,23+/m1/s1. The molecule has 2 aromatic carbocycles. The lowest BCUT2D eigenvalue weighted by molar-refractivity contribution is -0.272. The molecule has 170 valence electrons. The molecule has 0 spiro atoms. The Bertz CT molecular complexity index is 1170. The number of aromatic nitrogens is 2. The summed E-state index contributed by atoms with van der Waals surface area (Å²) in [5.41, 5.74) is -0.644. The van der Waals surface area contributed by atoms with Gasteiger partial charge in [-0.2, -0.15) is 13.2 Å². The van der Waals surface area contributed by atoms with Gasteiger partial charge in [-0.25, -0.2) is 9.97 Å². The van der Waals surface area contributed by atoms with Gasteiger partial charge in [0.1, 0.15) is 11.6 Å². The number of nitrogens with zero attached hydrogens (tertiary/aromatic N) is 2. The number of rotatable bonds is 4. The zero-order valence-corrected chi connectivity index (χ0v) is 18.2. The first-order chi connectivity index (χ1) is 15.1. The average Bonchev–Trinajstić information content (AvgIpc) is 2.74. The number of phenolic OH excluding ortho intramolecular Hbond substituents is 1. The molecule has 5 nitrogen and oxygen atoms in total. The zero-order chi connectivity index (χ0) is 23.3. The van der Waals surface area contributed by atoms with E-state index in [9.17, 15) is 23.4 Å². The highest BCUT2D eigenvalue weighted by molar-refractivity contribution is 5.91. The molecule has 3 atom stereocenters. The molecule has 0 unspecified atom stereocenters. The van der Waals surface area contributed by atoms with Crippen LogP contribution in [0, 0.1) is 6.92 Å². The summed E-state index contributed by atoms with van der Waals surface area (Å²) in [6.45, 7) is 5.38. The lowest BCUT2D eigenvalue weighted by Crippen LogP contribution is -2.55. The average molecular weight is 445 g/mol. The minimum absolute atomic E-state index is 0.0183. The van der Waals surface area contributed by atoms with Gasteiger partial charge in [-0.05, 0) is 55.4 Å². The predicted molar refractivity (Wildman–Crippen MR) is 117 cm³/mol. The summed E-state index contributed by atoms with van der Waals surface area (Å²) in [6, 6.07) is 6.81. The topological polar surface area (TPSA) is 78.3 Å². The molecule has 0 fully saturated rings. The molecule has 0 amide bonds. The number of anilines is 1. The van der Waals surface area contributed by atoms with Crippen LogP contribution in [0.4, 0.5) is 18.9 Å². The van der Waals surface area contributed by atoms with Crippen LogP contribution in [-0.2, 0) is 6.42 Å². The van der Waals surface area contributed by atoms with E-state index in [-0.39, 0.29) is 11.3 Å². The molecule has 1 heterocycles. The quantitative estimate of drug-likeness (QED) is 0.491. The maximum atomic E-state index is 14.3. The van der Waals surface area contributed by atoms with Crippen molar-refractivity contribution in [3.63, 3.8) is 0 Å². The van der Waals surface area contributed by atoms with E-state index >= 15 is 0 Å². The Balaban J connectivity index is 1.93. The highest BCUT2D eigenvalue weighted by Gasteiger charge is 2.62. The van der Waals surface area contributed by atoms with E-state index in [4.69, 9.17) is 0 Å². The maximum Gasteiger partial charge on any atom is 0.419 e. The first-order valence-electron chi connectivity index (χ1n) is 10.7. The second-order valence-electron chi connectivity index (χ2n) is 8.39. The zero-order valence-electron chi connectivity index (χ0n) is 18.2. The van der Waals surface area contributed by atoms with E-state index < -0.39 is 30.2 Å². The normalized spacial score (nSPS) is 23.2. The van der Waals surface area contributed by atoms with Crippen molar-refractivity contribution in [2.45, 2.75) is 63.8 Å². The van der Waals surface area contributed by atoms with Crippen LogP contribution < -0.4 is 5.32 Å². The summed E-state index contributed by atoms with van der Waals surface area (Å²) in [5, 5.41) is 25.5. The number of fused-ring (bicyclic) bond motifs is 2. The molecule has 32 heavy (non-hydrogen) atoms. The Morgan fingerprint density at radius 2 is 1.94 bits per heavy atom. The number of aryl methyl sites for hydroxylation is 2. The molecule has 1 aromatic heterocycles. The molecular formula is C24H26F3N3O2. The van der Waals surface area contributed by atoms with Gasteiger partial charge in [-0.3, -0.25) is 0 Å². The fourth-order valence-electron chi connectivity index (χ4n) is 4.74. The number of halogens is 3. The van der Waals surface area contributed by atoms with Gasteiger partial charge in [0, 0.05) is 22.8 Å². The smallest absolute Gasteiger partial charge is 0.419 e. The molecule has 4 rings (SSSR count). The van der Waals surface area contributed by atoms with Crippen LogP contribution in [0.25, 0.3) is 10.9 Å². The van der Waals surface area contributed by atoms with Crippen LogP contribution in [0.3, 0.4) is 0 Å². The van der Waals surface area contributed by atoms with Crippen LogP contribution in [0.2, 0.25) is 0 Å². The largest absolute Gasteiger partial charge is 0.507 e. The van der Waals surface area contributed by atoms with Crippen molar-refractivity contribution in [3.8, 4) is 5.75 Å². The lowest BCUT2D eigenvalue weighted by Gasteiger charge is -2.46. The third-order valence-corrected chi connectivity index (χ3v) is 6.50. The highest BCUT2D eigenvalue weighted by atomic mass is 19.4. The Morgan fingerprint density at radius 1 is 1.19 bits per heavy atom. The fraction of sp³-hybridized carbons (Fsp3) is 0.417. The van der Waals surface area contributed by atoms with Crippen molar-refractivity contribution in [2.75, 3.05) is 5.32 Å². The number of aliphatic hydroxyl groups is 1. The Hall–Kier alpha value is -2.87.